The second-order valence-corrected chi connectivity index (χ2v) is 11.7. The molecule has 29 heavy (non-hydrogen) atoms. The number of nitrogens with zero attached hydrogens (tertiary/aromatic N) is 2. The summed E-state index contributed by atoms with van der Waals surface area (Å²) >= 11 is 0. The third kappa shape index (κ3) is 5.40. The molecule has 5 unspecified atom stereocenters. The van der Waals surface area contributed by atoms with Crippen LogP contribution in [0.15, 0.2) is 4.36 Å². The molecule has 7 heteroatoms. The van der Waals surface area contributed by atoms with Crippen LogP contribution in [-0.4, -0.2) is 58.2 Å². The lowest BCUT2D eigenvalue weighted by atomic mass is 9.65. The van der Waals surface area contributed by atoms with Crippen LogP contribution in [0.25, 0.3) is 0 Å². The predicted octanol–water partition coefficient (Wildman–Crippen LogP) is 3.63. The highest BCUT2D eigenvalue weighted by Crippen LogP contribution is 2.44. The van der Waals surface area contributed by atoms with Crippen LogP contribution < -0.4 is 0 Å². The maximum absolute atomic E-state index is 13.4. The number of carbonyl (C=O) groups is 2. The Kier molecular flexibility index (Phi) is 7.76. The van der Waals surface area contributed by atoms with E-state index in [1.54, 1.807) is 18.1 Å². The lowest BCUT2D eigenvalue weighted by Gasteiger charge is -2.40. The lowest BCUT2D eigenvalue weighted by molar-refractivity contribution is -0.143. The van der Waals surface area contributed by atoms with Gasteiger partial charge in [0, 0.05) is 37.1 Å². The zero-order chi connectivity index (χ0) is 21.0. The molecule has 1 heterocycles. The Morgan fingerprint density at radius 2 is 1.72 bits per heavy atom. The summed E-state index contributed by atoms with van der Waals surface area (Å²) in [6.45, 7) is 5.28. The molecule has 0 bridgehead atoms. The average molecular weight is 427 g/mol. The number of hydrogen-bond acceptors (Lipinski definition) is 4. The monoisotopic (exact) mass is 426 g/mol. The summed E-state index contributed by atoms with van der Waals surface area (Å²) in [6.07, 6.45) is 10.6. The van der Waals surface area contributed by atoms with Crippen molar-refractivity contribution in [1.82, 2.24) is 4.90 Å². The SMILES string of the molecule is CCOC(C)C(=O)N1CCC(S(C)(=O)=NC(=O)C2CCCC3CCCCC32)CC1. The van der Waals surface area contributed by atoms with Gasteiger partial charge < -0.3 is 9.64 Å². The van der Waals surface area contributed by atoms with Gasteiger partial charge in [0.2, 0.25) is 0 Å². The van der Waals surface area contributed by atoms with E-state index in [9.17, 15) is 13.8 Å². The van der Waals surface area contributed by atoms with Crippen molar-refractivity contribution < 1.29 is 18.5 Å². The molecule has 166 valence electrons. The molecule has 6 nitrogen and oxygen atoms in total. The zero-order valence-corrected chi connectivity index (χ0v) is 19.1. The standard InChI is InChI=1S/C22H38N2O4S/c1-4-28-16(2)22(26)24-14-12-18(13-15-24)29(3,27)23-21(25)20-11-7-9-17-8-5-6-10-19(17)20/h16-20H,4-15H2,1-3H3. The van der Waals surface area contributed by atoms with Crippen LogP contribution >= 0.6 is 0 Å². The van der Waals surface area contributed by atoms with E-state index in [-0.39, 0.29) is 23.0 Å². The van der Waals surface area contributed by atoms with Gasteiger partial charge in [-0.15, -0.1) is 0 Å². The lowest BCUT2D eigenvalue weighted by Crippen LogP contribution is -2.46. The summed E-state index contributed by atoms with van der Waals surface area (Å²) in [5, 5.41) is -0.122. The van der Waals surface area contributed by atoms with E-state index >= 15 is 0 Å². The maximum Gasteiger partial charge on any atom is 0.257 e. The molecule has 5 atom stereocenters. The second kappa shape index (κ2) is 9.90. The second-order valence-electron chi connectivity index (χ2n) is 9.16. The first kappa shape index (κ1) is 22.7. The van der Waals surface area contributed by atoms with Gasteiger partial charge in [0.1, 0.15) is 6.10 Å². The normalized spacial score (nSPS) is 31.4. The Bertz CT molecular complexity index is 706. The first-order valence-electron chi connectivity index (χ1n) is 11.5. The number of ether oxygens (including phenoxy) is 1. The van der Waals surface area contributed by atoms with Crippen molar-refractivity contribution in [2.45, 2.75) is 83.0 Å². The number of likely N-dealkylation sites (tertiary alicyclic amines) is 1. The topological polar surface area (TPSA) is 76.0 Å². The van der Waals surface area contributed by atoms with E-state index in [2.05, 4.69) is 4.36 Å². The molecule has 0 N–H and O–H groups in total. The molecular weight excluding hydrogens is 388 g/mol. The summed E-state index contributed by atoms with van der Waals surface area (Å²) in [6, 6.07) is 0. The van der Waals surface area contributed by atoms with Crippen LogP contribution in [0.3, 0.4) is 0 Å². The van der Waals surface area contributed by atoms with Crippen molar-refractivity contribution in [3.63, 3.8) is 0 Å². The predicted molar refractivity (Wildman–Crippen MR) is 115 cm³/mol. The van der Waals surface area contributed by atoms with Crippen molar-refractivity contribution in [2.24, 2.45) is 22.1 Å². The third-order valence-electron chi connectivity index (χ3n) is 7.30. The number of rotatable bonds is 5. The molecule has 0 radical (unpaired) electrons. The Hall–Kier alpha value is -0.950. The van der Waals surface area contributed by atoms with Crippen LogP contribution in [0.4, 0.5) is 0 Å². The van der Waals surface area contributed by atoms with Crippen LogP contribution in [0, 0.1) is 17.8 Å². The van der Waals surface area contributed by atoms with Gasteiger partial charge in [-0.25, -0.2) is 4.21 Å². The van der Waals surface area contributed by atoms with Gasteiger partial charge in [0.25, 0.3) is 11.8 Å². The highest BCUT2D eigenvalue weighted by Gasteiger charge is 2.39. The zero-order valence-electron chi connectivity index (χ0n) is 18.3. The number of piperidine rings is 1. The van der Waals surface area contributed by atoms with Gasteiger partial charge in [-0.1, -0.05) is 32.1 Å². The number of fused-ring (bicyclic) bond motifs is 1. The van der Waals surface area contributed by atoms with Crippen LogP contribution in [0.1, 0.15) is 71.6 Å². The molecule has 0 aromatic heterocycles. The number of carbonyl (C=O) groups excluding carboxylic acids is 2. The van der Waals surface area contributed by atoms with E-state index in [1.165, 1.54) is 25.7 Å². The third-order valence-corrected chi connectivity index (χ3v) is 9.55. The van der Waals surface area contributed by atoms with E-state index in [0.717, 1.165) is 19.3 Å². The molecule has 2 amide bonds. The van der Waals surface area contributed by atoms with Crippen LogP contribution in [-0.2, 0) is 24.1 Å². The fourth-order valence-corrected chi connectivity index (χ4v) is 7.39. The molecular formula is C22H38N2O4S. The summed E-state index contributed by atoms with van der Waals surface area (Å²) in [5.41, 5.74) is 0. The molecule has 3 rings (SSSR count). The molecule has 2 saturated carbocycles. The van der Waals surface area contributed by atoms with E-state index in [4.69, 9.17) is 4.74 Å². The molecule has 3 aliphatic rings. The van der Waals surface area contributed by atoms with Crippen molar-refractivity contribution in [3.05, 3.63) is 0 Å². The first-order valence-corrected chi connectivity index (χ1v) is 13.5. The van der Waals surface area contributed by atoms with Crippen LogP contribution in [0.2, 0.25) is 0 Å². The molecule has 2 aliphatic carbocycles. The number of hydrogen-bond donors (Lipinski definition) is 0. The quantitative estimate of drug-likeness (QED) is 0.673. The van der Waals surface area contributed by atoms with E-state index < -0.39 is 15.8 Å². The molecule has 0 aromatic rings. The summed E-state index contributed by atoms with van der Waals surface area (Å²) in [7, 11) is -2.59. The highest BCUT2D eigenvalue weighted by atomic mass is 32.2. The fourth-order valence-electron chi connectivity index (χ4n) is 5.66. The van der Waals surface area contributed by atoms with Crippen LogP contribution in [0.5, 0.6) is 0 Å². The molecule has 0 aromatic carbocycles. The van der Waals surface area contributed by atoms with Gasteiger partial charge in [-0.05, 0) is 51.4 Å². The Balaban J connectivity index is 1.61. The molecule has 1 aliphatic heterocycles. The van der Waals surface area contributed by atoms with Crippen molar-refractivity contribution >= 4 is 21.5 Å². The minimum absolute atomic E-state index is 0.00790. The largest absolute Gasteiger partial charge is 0.369 e. The first-order chi connectivity index (χ1) is 13.8. The molecule has 0 spiro atoms. The number of amides is 2. The van der Waals surface area contributed by atoms with Gasteiger partial charge >= 0.3 is 0 Å². The van der Waals surface area contributed by atoms with E-state index in [1.807, 2.05) is 6.92 Å². The van der Waals surface area contributed by atoms with E-state index in [0.29, 0.717) is 44.4 Å². The highest BCUT2D eigenvalue weighted by molar-refractivity contribution is 7.93. The summed E-state index contributed by atoms with van der Waals surface area (Å²) < 4.78 is 23.1. The summed E-state index contributed by atoms with van der Waals surface area (Å²) in [4.78, 5) is 27.2. The van der Waals surface area contributed by atoms with Gasteiger partial charge in [-0.3, -0.25) is 9.59 Å². The Morgan fingerprint density at radius 3 is 2.41 bits per heavy atom. The average Bonchev–Trinajstić information content (AvgIpc) is 2.72. The van der Waals surface area contributed by atoms with Gasteiger partial charge in [0.15, 0.2) is 0 Å². The summed E-state index contributed by atoms with van der Waals surface area (Å²) in [5.74, 6) is 0.965. The van der Waals surface area contributed by atoms with Gasteiger partial charge in [0.05, 0.1) is 9.73 Å². The minimum atomic E-state index is -2.59. The molecule has 1 saturated heterocycles. The van der Waals surface area contributed by atoms with Crippen molar-refractivity contribution in [3.8, 4) is 0 Å². The molecule has 3 fully saturated rings. The fraction of sp³-hybridized carbons (Fsp3) is 0.909. The van der Waals surface area contributed by atoms with Gasteiger partial charge in [-0.2, -0.15) is 4.36 Å². The smallest absolute Gasteiger partial charge is 0.257 e. The van der Waals surface area contributed by atoms with Crippen molar-refractivity contribution in [2.75, 3.05) is 26.0 Å². The maximum atomic E-state index is 13.4. The van der Waals surface area contributed by atoms with Crippen molar-refractivity contribution in [1.29, 1.82) is 0 Å². The Labute approximate surface area is 176 Å². The minimum Gasteiger partial charge on any atom is -0.369 e. The Morgan fingerprint density at radius 1 is 1.07 bits per heavy atom.